The third kappa shape index (κ3) is 5.99. The number of carbonyl (C=O) groups is 2. The molecule has 1 aromatic rings. The molecule has 22 heavy (non-hydrogen) atoms. The summed E-state index contributed by atoms with van der Waals surface area (Å²) >= 11 is 0. The molecule has 2 amide bonds. The van der Waals surface area contributed by atoms with Gasteiger partial charge in [0, 0.05) is 18.7 Å². The molecule has 0 radical (unpaired) electrons. The van der Waals surface area contributed by atoms with Crippen LogP contribution in [0.25, 0.3) is 6.08 Å². The summed E-state index contributed by atoms with van der Waals surface area (Å²) in [6, 6.07) is 7.46. The van der Waals surface area contributed by atoms with Crippen molar-refractivity contribution in [1.29, 1.82) is 0 Å². The lowest BCUT2D eigenvalue weighted by Gasteiger charge is -2.19. The Hall–Kier alpha value is -2.30. The van der Waals surface area contributed by atoms with Crippen LogP contribution in [0.5, 0.6) is 5.75 Å². The first-order chi connectivity index (χ1) is 10.5. The van der Waals surface area contributed by atoms with Crippen LogP contribution in [0.15, 0.2) is 30.3 Å². The highest BCUT2D eigenvalue weighted by Crippen LogP contribution is 2.12. The molecule has 1 N–H and O–H groups in total. The van der Waals surface area contributed by atoms with Crippen molar-refractivity contribution in [3.63, 3.8) is 0 Å². The zero-order valence-electron chi connectivity index (χ0n) is 13.6. The van der Waals surface area contributed by atoms with Crippen molar-refractivity contribution in [3.8, 4) is 5.75 Å². The molecular formula is C17H24N2O3. The Morgan fingerprint density at radius 1 is 1.27 bits per heavy atom. The van der Waals surface area contributed by atoms with E-state index in [1.807, 2.05) is 45.0 Å². The zero-order valence-corrected chi connectivity index (χ0v) is 13.6. The average Bonchev–Trinajstić information content (AvgIpc) is 2.50. The second-order valence-corrected chi connectivity index (χ2v) is 5.18. The van der Waals surface area contributed by atoms with E-state index in [4.69, 9.17) is 4.74 Å². The predicted molar refractivity (Wildman–Crippen MR) is 87.6 cm³/mol. The minimum Gasteiger partial charge on any atom is -0.497 e. The number of hydrogen-bond donors (Lipinski definition) is 1. The molecule has 0 fully saturated rings. The van der Waals surface area contributed by atoms with Crippen LogP contribution in [-0.4, -0.2) is 43.0 Å². The summed E-state index contributed by atoms with van der Waals surface area (Å²) < 4.78 is 5.08. The predicted octanol–water partition coefficient (Wildman–Crippen LogP) is 2.08. The Morgan fingerprint density at radius 2 is 1.91 bits per heavy atom. The number of benzene rings is 1. The maximum atomic E-state index is 12.1. The molecule has 1 aromatic carbocycles. The number of methoxy groups -OCH3 is 1. The molecule has 0 spiro atoms. The number of carbonyl (C=O) groups excluding carboxylic acids is 2. The molecule has 5 heteroatoms. The maximum absolute atomic E-state index is 12.1. The van der Waals surface area contributed by atoms with Gasteiger partial charge >= 0.3 is 0 Å². The first kappa shape index (κ1) is 17.8. The van der Waals surface area contributed by atoms with Crippen molar-refractivity contribution in [2.24, 2.45) is 0 Å². The molecule has 0 saturated heterocycles. The van der Waals surface area contributed by atoms with E-state index in [9.17, 15) is 9.59 Å². The summed E-state index contributed by atoms with van der Waals surface area (Å²) in [5.74, 6) is 0.435. The van der Waals surface area contributed by atoms with Crippen molar-refractivity contribution in [3.05, 3.63) is 35.9 Å². The molecule has 0 atom stereocenters. The molecule has 0 saturated carbocycles. The van der Waals surface area contributed by atoms with Crippen molar-refractivity contribution in [2.45, 2.75) is 26.8 Å². The fourth-order valence-electron chi connectivity index (χ4n) is 1.87. The first-order valence-electron chi connectivity index (χ1n) is 7.36. The van der Waals surface area contributed by atoms with E-state index in [0.717, 1.165) is 11.3 Å². The third-order valence-electron chi connectivity index (χ3n) is 3.01. The Morgan fingerprint density at radius 3 is 2.41 bits per heavy atom. The summed E-state index contributed by atoms with van der Waals surface area (Å²) in [6.07, 6.45) is 3.21. The lowest BCUT2D eigenvalue weighted by atomic mass is 10.2. The van der Waals surface area contributed by atoms with Gasteiger partial charge in [-0.1, -0.05) is 12.1 Å². The normalized spacial score (nSPS) is 10.8. The number of nitrogens with one attached hydrogen (secondary N) is 1. The van der Waals surface area contributed by atoms with Crippen LogP contribution in [0.4, 0.5) is 0 Å². The lowest BCUT2D eigenvalue weighted by Crippen LogP contribution is -2.42. The molecule has 120 valence electrons. The van der Waals surface area contributed by atoms with E-state index in [-0.39, 0.29) is 24.4 Å². The monoisotopic (exact) mass is 304 g/mol. The summed E-state index contributed by atoms with van der Waals surface area (Å²) in [6.45, 7) is 6.18. The minimum absolute atomic E-state index is 0.0659. The molecular weight excluding hydrogens is 280 g/mol. The van der Waals surface area contributed by atoms with E-state index in [1.165, 1.54) is 11.0 Å². The van der Waals surface area contributed by atoms with Gasteiger partial charge in [0.05, 0.1) is 13.7 Å². The highest BCUT2D eigenvalue weighted by atomic mass is 16.5. The largest absolute Gasteiger partial charge is 0.497 e. The highest BCUT2D eigenvalue weighted by molar-refractivity contribution is 5.94. The van der Waals surface area contributed by atoms with Crippen LogP contribution in [0.2, 0.25) is 0 Å². The molecule has 0 aliphatic carbocycles. The maximum Gasteiger partial charge on any atom is 0.247 e. The van der Waals surface area contributed by atoms with Gasteiger partial charge in [-0.15, -0.1) is 0 Å². The van der Waals surface area contributed by atoms with E-state index < -0.39 is 0 Å². The van der Waals surface area contributed by atoms with Gasteiger partial charge in [0.15, 0.2) is 0 Å². The second-order valence-electron chi connectivity index (χ2n) is 5.18. The van der Waals surface area contributed by atoms with E-state index in [0.29, 0.717) is 6.54 Å². The quantitative estimate of drug-likeness (QED) is 0.785. The molecule has 1 rings (SSSR count). The van der Waals surface area contributed by atoms with Crippen LogP contribution in [0.1, 0.15) is 26.3 Å². The second kappa shape index (κ2) is 8.87. The summed E-state index contributed by atoms with van der Waals surface area (Å²) in [7, 11) is 1.61. The van der Waals surface area contributed by atoms with Gasteiger partial charge in [-0.05, 0) is 44.5 Å². The molecule has 0 bridgehead atoms. The molecule has 0 aliphatic heterocycles. The van der Waals surface area contributed by atoms with Gasteiger partial charge < -0.3 is 15.0 Å². The fourth-order valence-corrected chi connectivity index (χ4v) is 1.87. The van der Waals surface area contributed by atoms with Crippen LogP contribution in [0.3, 0.4) is 0 Å². The van der Waals surface area contributed by atoms with Crippen molar-refractivity contribution in [2.75, 3.05) is 20.2 Å². The summed E-state index contributed by atoms with van der Waals surface area (Å²) in [5, 5.41) is 2.78. The number of likely N-dealkylation sites (N-methyl/N-ethyl adjacent to an activating group) is 1. The van der Waals surface area contributed by atoms with E-state index >= 15 is 0 Å². The summed E-state index contributed by atoms with van der Waals surface area (Å²) in [4.78, 5) is 25.4. The van der Waals surface area contributed by atoms with E-state index in [1.54, 1.807) is 13.2 Å². The molecule has 0 unspecified atom stereocenters. The minimum atomic E-state index is -0.183. The Labute approximate surface area is 132 Å². The third-order valence-corrected chi connectivity index (χ3v) is 3.01. The van der Waals surface area contributed by atoms with Crippen molar-refractivity contribution in [1.82, 2.24) is 10.2 Å². The van der Waals surface area contributed by atoms with Crippen molar-refractivity contribution < 1.29 is 14.3 Å². The standard InChI is InChI=1S/C17H24N2O3/c1-5-19(12-16(20)18-13(2)3)17(21)11-8-14-6-9-15(22-4)10-7-14/h6-11,13H,5,12H2,1-4H3,(H,18,20)/b11-8+. The van der Waals surface area contributed by atoms with Crippen LogP contribution in [0, 0.1) is 0 Å². The van der Waals surface area contributed by atoms with Gasteiger partial charge in [0.1, 0.15) is 5.75 Å². The van der Waals surface area contributed by atoms with Crippen LogP contribution >= 0.6 is 0 Å². The Kier molecular flexibility index (Phi) is 7.16. The fraction of sp³-hybridized carbons (Fsp3) is 0.412. The SMILES string of the molecule is CCN(CC(=O)NC(C)C)C(=O)/C=C/c1ccc(OC)cc1. The number of amides is 2. The Bertz CT molecular complexity index is 521. The van der Waals surface area contributed by atoms with Gasteiger partial charge in [0.2, 0.25) is 11.8 Å². The number of hydrogen-bond acceptors (Lipinski definition) is 3. The van der Waals surface area contributed by atoms with E-state index in [2.05, 4.69) is 5.32 Å². The molecule has 0 aliphatic rings. The number of ether oxygens (including phenoxy) is 1. The molecule has 0 heterocycles. The van der Waals surface area contributed by atoms with Crippen LogP contribution < -0.4 is 10.1 Å². The Balaban J connectivity index is 2.63. The zero-order chi connectivity index (χ0) is 16.5. The molecule has 5 nitrogen and oxygen atoms in total. The van der Waals surface area contributed by atoms with Gasteiger partial charge in [-0.2, -0.15) is 0 Å². The van der Waals surface area contributed by atoms with Gasteiger partial charge in [0.25, 0.3) is 0 Å². The number of rotatable bonds is 7. The topological polar surface area (TPSA) is 58.6 Å². The van der Waals surface area contributed by atoms with Gasteiger partial charge in [-0.25, -0.2) is 0 Å². The van der Waals surface area contributed by atoms with Crippen molar-refractivity contribution >= 4 is 17.9 Å². The van der Waals surface area contributed by atoms with Crippen LogP contribution in [-0.2, 0) is 9.59 Å². The molecule has 0 aromatic heterocycles. The number of nitrogens with zero attached hydrogens (tertiary/aromatic N) is 1. The summed E-state index contributed by atoms with van der Waals surface area (Å²) in [5.41, 5.74) is 0.900. The smallest absolute Gasteiger partial charge is 0.247 e. The lowest BCUT2D eigenvalue weighted by molar-refractivity contribution is -0.132. The first-order valence-corrected chi connectivity index (χ1v) is 7.36. The highest BCUT2D eigenvalue weighted by Gasteiger charge is 2.13. The van der Waals surface area contributed by atoms with Gasteiger partial charge in [-0.3, -0.25) is 9.59 Å². The average molecular weight is 304 g/mol.